The Hall–Kier alpha value is -3.35. The van der Waals surface area contributed by atoms with Crippen LogP contribution in [0.1, 0.15) is 0 Å². The van der Waals surface area contributed by atoms with Crippen molar-refractivity contribution in [2.75, 3.05) is 13.2 Å². The first kappa shape index (κ1) is 18.4. The molecule has 0 spiro atoms. The Kier molecular flexibility index (Phi) is 5.12. The lowest BCUT2D eigenvalue weighted by molar-refractivity contribution is 0.201. The van der Waals surface area contributed by atoms with Crippen LogP contribution in [0.4, 0.5) is 5.69 Å². The molecule has 0 heterocycles. The third kappa shape index (κ3) is 3.76. The highest BCUT2D eigenvalue weighted by Crippen LogP contribution is 2.37. The molecule has 0 unspecified atom stereocenters. The normalized spacial score (nSPS) is 11.1. The van der Waals surface area contributed by atoms with Crippen LogP contribution in [-0.2, 0) is 10.1 Å². The summed E-state index contributed by atoms with van der Waals surface area (Å²) in [6.07, 6.45) is 0. The molecule has 0 saturated carbocycles. The predicted octanol–water partition coefficient (Wildman–Crippen LogP) is 3.17. The van der Waals surface area contributed by atoms with Crippen molar-refractivity contribution in [1.29, 1.82) is 5.39 Å². The molecule has 0 aliphatic carbocycles. The molecule has 0 atom stereocenters. The molecule has 138 valence electrons. The number of benzene rings is 3. The van der Waals surface area contributed by atoms with Gasteiger partial charge in [-0.05, 0) is 36.4 Å². The van der Waals surface area contributed by atoms with Crippen molar-refractivity contribution in [3.8, 4) is 17.2 Å². The van der Waals surface area contributed by atoms with Crippen LogP contribution in [0, 0.1) is 5.39 Å². The molecular formula is C18H15N2O6S+. The lowest BCUT2D eigenvalue weighted by Crippen LogP contribution is -2.10. The number of phenols is 1. The minimum Gasteiger partial charge on any atom is -0.501 e. The Bertz CT molecular complexity index is 1120. The van der Waals surface area contributed by atoms with Gasteiger partial charge in [-0.3, -0.25) is 0 Å². The van der Waals surface area contributed by atoms with E-state index < -0.39 is 10.1 Å². The van der Waals surface area contributed by atoms with Gasteiger partial charge < -0.3 is 19.1 Å². The van der Waals surface area contributed by atoms with Gasteiger partial charge in [0.2, 0.25) is 11.1 Å². The van der Waals surface area contributed by atoms with Crippen molar-refractivity contribution in [1.82, 2.24) is 0 Å². The number of aliphatic hydroxyl groups excluding tert-OH is 1. The van der Waals surface area contributed by atoms with Gasteiger partial charge in [-0.1, -0.05) is 12.1 Å². The second-order valence-electron chi connectivity index (χ2n) is 5.47. The number of hydrogen-bond donors (Lipinski definition) is 2. The van der Waals surface area contributed by atoms with E-state index in [1.54, 1.807) is 0 Å². The second-order valence-corrected chi connectivity index (χ2v) is 6.98. The number of rotatable bonds is 6. The molecule has 9 heteroatoms. The van der Waals surface area contributed by atoms with Gasteiger partial charge in [-0.25, -0.2) is 0 Å². The summed E-state index contributed by atoms with van der Waals surface area (Å²) in [5.74, 6) is 0.205. The van der Waals surface area contributed by atoms with E-state index in [1.165, 1.54) is 54.6 Å². The van der Waals surface area contributed by atoms with Gasteiger partial charge in [-0.15, -0.1) is 0 Å². The van der Waals surface area contributed by atoms with E-state index in [2.05, 4.69) is 4.98 Å². The van der Waals surface area contributed by atoms with Gasteiger partial charge in [0.05, 0.1) is 6.61 Å². The van der Waals surface area contributed by atoms with Crippen molar-refractivity contribution >= 4 is 26.6 Å². The van der Waals surface area contributed by atoms with E-state index in [-0.39, 0.29) is 46.1 Å². The smallest absolute Gasteiger partial charge is 0.426 e. The Morgan fingerprint density at radius 1 is 0.963 bits per heavy atom. The highest BCUT2D eigenvalue weighted by molar-refractivity contribution is 7.87. The fourth-order valence-electron chi connectivity index (χ4n) is 2.53. The monoisotopic (exact) mass is 387 g/mol. The zero-order chi connectivity index (χ0) is 19.4. The van der Waals surface area contributed by atoms with E-state index in [1.807, 2.05) is 0 Å². The molecule has 0 bridgehead atoms. The Labute approximate surface area is 155 Å². The van der Waals surface area contributed by atoms with Crippen LogP contribution in [-0.4, -0.2) is 31.8 Å². The number of ether oxygens (including phenoxy) is 1. The van der Waals surface area contributed by atoms with Crippen molar-refractivity contribution in [3.63, 3.8) is 0 Å². The second kappa shape index (κ2) is 7.49. The highest BCUT2D eigenvalue weighted by Gasteiger charge is 2.24. The summed E-state index contributed by atoms with van der Waals surface area (Å²) >= 11 is 0. The van der Waals surface area contributed by atoms with Crippen LogP contribution in [0.15, 0.2) is 59.5 Å². The van der Waals surface area contributed by atoms with Crippen molar-refractivity contribution in [2.24, 2.45) is 0 Å². The maximum atomic E-state index is 12.7. The van der Waals surface area contributed by atoms with E-state index in [0.717, 1.165) is 0 Å². The Balaban J connectivity index is 1.96. The van der Waals surface area contributed by atoms with Gasteiger partial charge in [-0.2, -0.15) is 8.42 Å². The molecular weight excluding hydrogens is 372 g/mol. The molecule has 0 aliphatic heterocycles. The van der Waals surface area contributed by atoms with Crippen LogP contribution >= 0.6 is 0 Å². The van der Waals surface area contributed by atoms with Gasteiger partial charge in [0.15, 0.2) is 4.98 Å². The number of aliphatic hydroxyl groups is 1. The summed E-state index contributed by atoms with van der Waals surface area (Å²) < 4.78 is 35.8. The van der Waals surface area contributed by atoms with Crippen LogP contribution in [0.3, 0.4) is 0 Å². The third-order valence-corrected chi connectivity index (χ3v) is 5.05. The fraction of sp³-hybridized carbons (Fsp3) is 0.111. The molecule has 3 rings (SSSR count). The molecule has 0 fully saturated rings. The van der Waals surface area contributed by atoms with Crippen molar-refractivity contribution in [2.45, 2.75) is 4.90 Å². The first-order chi connectivity index (χ1) is 13.0. The first-order valence-electron chi connectivity index (χ1n) is 7.84. The average molecular weight is 387 g/mol. The lowest BCUT2D eigenvalue weighted by Gasteiger charge is -2.10. The van der Waals surface area contributed by atoms with Gasteiger partial charge in [0.25, 0.3) is 0 Å². The molecule has 8 nitrogen and oxygen atoms in total. The maximum absolute atomic E-state index is 12.7. The largest absolute Gasteiger partial charge is 0.501 e. The number of fused-ring (bicyclic) bond motifs is 1. The Morgan fingerprint density at radius 3 is 2.33 bits per heavy atom. The van der Waals surface area contributed by atoms with Crippen LogP contribution in [0.2, 0.25) is 0 Å². The minimum atomic E-state index is -4.19. The molecule has 0 aromatic heterocycles. The summed E-state index contributed by atoms with van der Waals surface area (Å²) in [5, 5.41) is 28.2. The van der Waals surface area contributed by atoms with E-state index >= 15 is 0 Å². The first-order valence-corrected chi connectivity index (χ1v) is 9.25. The van der Waals surface area contributed by atoms with Crippen LogP contribution < -0.4 is 8.92 Å². The summed E-state index contributed by atoms with van der Waals surface area (Å²) in [7, 11) is -4.19. The number of aromatic hydroxyl groups is 1. The minimum absolute atomic E-state index is 0.0727. The zero-order valence-corrected chi connectivity index (χ0v) is 14.8. The van der Waals surface area contributed by atoms with Gasteiger partial charge >= 0.3 is 15.8 Å². The summed E-state index contributed by atoms with van der Waals surface area (Å²) in [4.78, 5) is 2.81. The number of nitrogens with zero attached hydrogens (tertiary/aromatic N) is 2. The summed E-state index contributed by atoms with van der Waals surface area (Å²) in [6.45, 7) is -0.00799. The predicted molar refractivity (Wildman–Crippen MR) is 97.2 cm³/mol. The molecule has 2 N–H and O–H groups in total. The van der Waals surface area contributed by atoms with Crippen LogP contribution in [0.25, 0.3) is 15.7 Å². The number of diazo groups is 1. The van der Waals surface area contributed by atoms with Crippen molar-refractivity contribution < 1.29 is 27.6 Å². The summed E-state index contributed by atoms with van der Waals surface area (Å²) in [6, 6.07) is 12.9. The van der Waals surface area contributed by atoms with Crippen LogP contribution in [0.5, 0.6) is 17.2 Å². The standard InChI is InChI=1S/C18H14N2O6S/c19-20-16-9-8-14-15(18(16)22)2-1-3-17(14)27(23,24)26-13-6-4-12(5-7-13)25-11-10-21/h1-9,21H,10-11H2/p+1. The van der Waals surface area contributed by atoms with E-state index in [9.17, 15) is 13.5 Å². The number of phenolic OH excluding ortho intramolecular Hbond substituents is 1. The van der Waals surface area contributed by atoms with Gasteiger partial charge in [0.1, 0.15) is 23.0 Å². The summed E-state index contributed by atoms with van der Waals surface area (Å²) in [5.41, 5.74) is -0.0727. The third-order valence-electron chi connectivity index (χ3n) is 3.74. The molecule has 3 aromatic rings. The quantitative estimate of drug-likeness (QED) is 0.492. The van der Waals surface area contributed by atoms with Gasteiger partial charge in [0, 0.05) is 16.8 Å². The lowest BCUT2D eigenvalue weighted by atomic mass is 10.1. The van der Waals surface area contributed by atoms with E-state index in [0.29, 0.717) is 5.75 Å². The maximum Gasteiger partial charge on any atom is 0.426 e. The SMILES string of the molecule is N#[N+]c1ccc2c(S(=O)(=O)Oc3ccc(OCCO)cc3)cccc2c1O. The highest BCUT2D eigenvalue weighted by atomic mass is 32.2. The Morgan fingerprint density at radius 2 is 1.67 bits per heavy atom. The topological polar surface area (TPSA) is 121 Å². The van der Waals surface area contributed by atoms with Crippen molar-refractivity contribution in [3.05, 3.63) is 59.6 Å². The molecule has 27 heavy (non-hydrogen) atoms. The zero-order valence-electron chi connectivity index (χ0n) is 13.9. The molecule has 3 aromatic carbocycles. The fourth-order valence-corrected chi connectivity index (χ4v) is 3.67. The molecule has 0 amide bonds. The molecule has 0 saturated heterocycles. The molecule has 0 aliphatic rings. The molecule has 0 radical (unpaired) electrons. The van der Waals surface area contributed by atoms with E-state index in [4.69, 9.17) is 19.4 Å². The number of hydrogen-bond acceptors (Lipinski definition) is 7. The average Bonchev–Trinajstić information content (AvgIpc) is 2.67.